The lowest BCUT2D eigenvalue weighted by Crippen LogP contribution is -2.28. The molecule has 0 heterocycles. The predicted molar refractivity (Wildman–Crippen MR) is 247 cm³/mol. The molecule has 0 radical (unpaired) electrons. The number of ether oxygens (including phenoxy) is 2. The van der Waals surface area contributed by atoms with Gasteiger partial charge in [0.1, 0.15) is 0 Å². The van der Waals surface area contributed by atoms with Gasteiger partial charge in [0, 0.05) is 36.8 Å². The molecule has 0 aliphatic heterocycles. The highest BCUT2D eigenvalue weighted by Crippen LogP contribution is 2.26. The third-order valence-electron chi connectivity index (χ3n) is 10.4. The van der Waals surface area contributed by atoms with Gasteiger partial charge in [-0.3, -0.25) is 28.8 Å². The van der Waals surface area contributed by atoms with Crippen LogP contribution in [0.2, 0.25) is 0 Å². The maximum atomic E-state index is 12.4. The van der Waals surface area contributed by atoms with Crippen LogP contribution in [0.3, 0.4) is 0 Å². The summed E-state index contributed by atoms with van der Waals surface area (Å²) in [4.78, 5) is 116. The van der Waals surface area contributed by atoms with E-state index in [1.165, 1.54) is 48.5 Å². The molecule has 2 saturated carbocycles. The summed E-state index contributed by atoms with van der Waals surface area (Å²) in [6, 6.07) is 39.2. The molecule has 2 aliphatic carbocycles. The molecule has 14 nitrogen and oxygen atoms in total. The summed E-state index contributed by atoms with van der Waals surface area (Å²) >= 11 is 10.9. The first-order chi connectivity index (χ1) is 32.5. The van der Waals surface area contributed by atoms with Gasteiger partial charge in [0.05, 0.1) is 22.3 Å². The van der Waals surface area contributed by atoms with Gasteiger partial charge in [-0.2, -0.15) is 0 Å². The molecule has 2 fully saturated rings. The van der Waals surface area contributed by atoms with Crippen molar-refractivity contribution >= 4 is 80.7 Å². The number of ketones is 4. The molecule has 0 spiro atoms. The lowest BCUT2D eigenvalue weighted by atomic mass is 10.0. The van der Waals surface area contributed by atoms with E-state index in [0.29, 0.717) is 33.4 Å². The standard InChI is InChI=1S/C24H18O8.C14H8Cl2O2.C14H10O4/c25-17-7-8-18(26)21(17)31-23(29)15-5-1-3-13(11-15)14-4-2-6-16(12-14)24(30)32-22-19(27)9-10-20(22)28;15-13(17)11-5-1-3-9(7-11)10-4-2-6-12(8-10)14(16)18;15-13(16)11-5-1-3-9(7-11)10-4-2-6-12(8-10)14(17)18/h1-6,11-12,21-22H,7-10H2;1-8H;1-8H,(H,15,16)(H,17,18). The van der Waals surface area contributed by atoms with Crippen LogP contribution in [0.15, 0.2) is 146 Å². The number of halogens is 2. The van der Waals surface area contributed by atoms with Gasteiger partial charge < -0.3 is 19.7 Å². The molecule has 16 heteroatoms. The van der Waals surface area contributed by atoms with Crippen LogP contribution in [-0.4, -0.2) is 79.9 Å². The van der Waals surface area contributed by atoms with E-state index in [4.69, 9.17) is 42.9 Å². The maximum absolute atomic E-state index is 12.4. The second-order valence-corrected chi connectivity index (χ2v) is 15.8. The van der Waals surface area contributed by atoms with Crippen LogP contribution >= 0.6 is 23.2 Å². The molecular weight excluding hydrogens is 919 g/mol. The van der Waals surface area contributed by atoms with Crippen molar-refractivity contribution in [1.82, 2.24) is 0 Å². The second kappa shape index (κ2) is 22.3. The Hall–Kier alpha value is -8.20. The average Bonchev–Trinajstić information content (AvgIpc) is 3.84. The van der Waals surface area contributed by atoms with Gasteiger partial charge in [0.25, 0.3) is 10.5 Å². The zero-order chi connectivity index (χ0) is 49.1. The molecule has 68 heavy (non-hydrogen) atoms. The van der Waals surface area contributed by atoms with E-state index in [2.05, 4.69) is 0 Å². The van der Waals surface area contributed by atoms with Crippen LogP contribution in [0.5, 0.6) is 0 Å². The highest BCUT2D eigenvalue weighted by molar-refractivity contribution is 6.68. The van der Waals surface area contributed by atoms with Gasteiger partial charge in [0.2, 0.25) is 12.2 Å². The number of rotatable bonds is 11. The van der Waals surface area contributed by atoms with E-state index in [-0.39, 0.29) is 47.9 Å². The number of Topliss-reactive ketones (excluding diaryl/α,β-unsaturated/α-hetero) is 4. The molecular formula is C52H36Cl2O14. The van der Waals surface area contributed by atoms with Gasteiger partial charge in [-0.25, -0.2) is 19.2 Å². The molecule has 0 atom stereocenters. The van der Waals surface area contributed by atoms with E-state index in [1.54, 1.807) is 84.9 Å². The quantitative estimate of drug-likeness (QED) is 0.0701. The Kier molecular flexibility index (Phi) is 16.2. The van der Waals surface area contributed by atoms with Crippen molar-refractivity contribution in [3.8, 4) is 33.4 Å². The molecule has 0 bridgehead atoms. The van der Waals surface area contributed by atoms with Crippen LogP contribution in [0.25, 0.3) is 33.4 Å². The fourth-order valence-corrected chi connectivity index (χ4v) is 7.18. The number of carboxylic acids is 2. The first kappa shape index (κ1) is 49.2. The molecule has 0 aromatic heterocycles. The first-order valence-electron chi connectivity index (χ1n) is 20.5. The van der Waals surface area contributed by atoms with E-state index in [9.17, 15) is 47.9 Å². The number of carboxylic acid groups (broad SMARTS) is 2. The highest BCUT2D eigenvalue weighted by Gasteiger charge is 2.37. The smallest absolute Gasteiger partial charge is 0.339 e. The second-order valence-electron chi connectivity index (χ2n) is 15.1. The number of hydrogen-bond acceptors (Lipinski definition) is 12. The molecule has 2 aliphatic rings. The SMILES string of the molecule is O=C(Cl)c1cccc(-c2cccc(C(=O)Cl)c2)c1.O=C(O)c1cccc(-c2cccc(C(=O)O)c2)c1.O=C(OC1C(=O)CCC1=O)c1cccc(-c2cccc(C(=O)OC3C(=O)CCC3=O)c2)c1. The monoisotopic (exact) mass is 954 g/mol. The predicted octanol–water partition coefficient (Wildman–Crippen LogP) is 9.13. The van der Waals surface area contributed by atoms with Gasteiger partial charge in [-0.15, -0.1) is 0 Å². The normalized spacial score (nSPS) is 13.4. The van der Waals surface area contributed by atoms with Crippen LogP contribution in [0.4, 0.5) is 0 Å². The minimum atomic E-state index is -1.36. The van der Waals surface area contributed by atoms with Crippen molar-refractivity contribution in [3.05, 3.63) is 179 Å². The minimum absolute atomic E-state index is 0.0672. The summed E-state index contributed by atoms with van der Waals surface area (Å²) in [7, 11) is 0. The number of carbonyl (C=O) groups excluding carboxylic acids is 8. The number of carbonyl (C=O) groups is 10. The lowest BCUT2D eigenvalue weighted by Gasteiger charge is -2.11. The van der Waals surface area contributed by atoms with E-state index >= 15 is 0 Å². The molecule has 0 amide bonds. The Bertz CT molecular complexity index is 2680. The number of hydrogen-bond donors (Lipinski definition) is 2. The largest absolute Gasteiger partial charge is 0.478 e. The van der Waals surface area contributed by atoms with E-state index in [0.717, 1.165) is 11.1 Å². The van der Waals surface area contributed by atoms with Gasteiger partial charge >= 0.3 is 23.9 Å². The Labute approximate surface area is 397 Å². The van der Waals surface area contributed by atoms with Crippen molar-refractivity contribution in [2.24, 2.45) is 0 Å². The molecule has 0 saturated heterocycles. The number of benzene rings is 6. The summed E-state index contributed by atoms with van der Waals surface area (Å²) in [5.74, 6) is -5.26. The van der Waals surface area contributed by atoms with Crippen LogP contribution in [0, 0.1) is 0 Å². The van der Waals surface area contributed by atoms with Crippen LogP contribution in [-0.2, 0) is 28.7 Å². The molecule has 0 unspecified atom stereocenters. The summed E-state index contributed by atoms with van der Waals surface area (Å²) in [6.07, 6.45) is -2.44. The summed E-state index contributed by atoms with van der Waals surface area (Å²) in [6.45, 7) is 0. The Morgan fingerprint density at radius 1 is 0.368 bits per heavy atom. The minimum Gasteiger partial charge on any atom is -0.478 e. The van der Waals surface area contributed by atoms with Crippen molar-refractivity contribution in [1.29, 1.82) is 0 Å². The van der Waals surface area contributed by atoms with Gasteiger partial charge in [0.15, 0.2) is 23.1 Å². The lowest BCUT2D eigenvalue weighted by molar-refractivity contribution is -0.134. The van der Waals surface area contributed by atoms with Crippen LogP contribution < -0.4 is 0 Å². The summed E-state index contributed by atoms with van der Waals surface area (Å²) in [5.41, 5.74) is 5.58. The molecule has 2 N–H and O–H groups in total. The summed E-state index contributed by atoms with van der Waals surface area (Å²) < 4.78 is 10.2. The summed E-state index contributed by atoms with van der Waals surface area (Å²) in [5, 5.41) is 16.8. The van der Waals surface area contributed by atoms with E-state index < -0.39 is 69.7 Å². The van der Waals surface area contributed by atoms with Crippen LogP contribution in [0.1, 0.15) is 87.8 Å². The number of esters is 2. The van der Waals surface area contributed by atoms with Crippen molar-refractivity contribution in [2.45, 2.75) is 37.9 Å². The van der Waals surface area contributed by atoms with Gasteiger partial charge in [-0.1, -0.05) is 84.9 Å². The zero-order valence-electron chi connectivity index (χ0n) is 35.4. The zero-order valence-corrected chi connectivity index (χ0v) is 36.9. The maximum Gasteiger partial charge on any atom is 0.339 e. The van der Waals surface area contributed by atoms with E-state index in [1.807, 2.05) is 12.1 Å². The fraction of sp³-hybridized carbons (Fsp3) is 0.115. The Balaban J connectivity index is 0.000000181. The van der Waals surface area contributed by atoms with Gasteiger partial charge in [-0.05, 0) is 117 Å². The number of aromatic carboxylic acids is 2. The molecule has 8 rings (SSSR count). The third kappa shape index (κ3) is 12.6. The van der Waals surface area contributed by atoms with Crippen molar-refractivity contribution in [2.75, 3.05) is 0 Å². The molecule has 6 aromatic rings. The third-order valence-corrected chi connectivity index (χ3v) is 10.9. The highest BCUT2D eigenvalue weighted by atomic mass is 35.5. The molecule has 6 aromatic carbocycles. The topological polar surface area (TPSA) is 230 Å². The Morgan fingerprint density at radius 3 is 0.838 bits per heavy atom. The van der Waals surface area contributed by atoms with Crippen molar-refractivity contribution < 1.29 is 67.6 Å². The Morgan fingerprint density at radius 2 is 0.588 bits per heavy atom. The van der Waals surface area contributed by atoms with Crippen molar-refractivity contribution in [3.63, 3.8) is 0 Å². The average molecular weight is 956 g/mol. The molecule has 342 valence electrons. The fourth-order valence-electron chi connectivity index (χ4n) is 6.95. The first-order valence-corrected chi connectivity index (χ1v) is 21.2.